The Hall–Kier alpha value is -4.12. The van der Waals surface area contributed by atoms with E-state index in [2.05, 4.69) is 10.4 Å². The van der Waals surface area contributed by atoms with Gasteiger partial charge in [-0.15, -0.1) is 0 Å². The first kappa shape index (κ1) is 30.3. The van der Waals surface area contributed by atoms with Gasteiger partial charge in [0.25, 0.3) is 5.91 Å². The number of carbonyl (C=O) groups is 2. The first-order valence-electron chi connectivity index (χ1n) is 14.0. The van der Waals surface area contributed by atoms with Gasteiger partial charge < -0.3 is 24.1 Å². The second-order valence-corrected chi connectivity index (χ2v) is 11.5. The molecule has 4 aromatic rings. The van der Waals surface area contributed by atoms with Crippen LogP contribution in [0.5, 0.6) is 5.75 Å². The van der Waals surface area contributed by atoms with E-state index in [1.54, 1.807) is 43.3 Å². The minimum absolute atomic E-state index is 0.0322. The van der Waals surface area contributed by atoms with Crippen molar-refractivity contribution in [3.05, 3.63) is 101 Å². The molecule has 0 spiro atoms. The van der Waals surface area contributed by atoms with E-state index < -0.39 is 30.2 Å². The van der Waals surface area contributed by atoms with Crippen molar-refractivity contribution < 1.29 is 28.4 Å². The van der Waals surface area contributed by atoms with Crippen molar-refractivity contribution in [3.63, 3.8) is 0 Å². The van der Waals surface area contributed by atoms with Crippen molar-refractivity contribution >= 4 is 41.9 Å². The van der Waals surface area contributed by atoms with E-state index >= 15 is 0 Å². The zero-order valence-electron chi connectivity index (χ0n) is 24.7. The summed E-state index contributed by atoms with van der Waals surface area (Å²) in [6, 6.07) is 23.5. The molecule has 1 amide bonds. The molecule has 0 bridgehead atoms. The second kappa shape index (κ2) is 12.2. The average molecular weight is 602 g/mol. The maximum absolute atomic E-state index is 13.6. The van der Waals surface area contributed by atoms with E-state index in [1.165, 1.54) is 10.7 Å². The molecule has 1 aromatic heterocycles. The number of carbonyl (C=O) groups excluding carboxylic acids is 2. The molecule has 0 radical (unpaired) electrons. The number of hydrogen-bond acceptors (Lipinski definition) is 7. The topological polar surface area (TPSA) is 101 Å². The summed E-state index contributed by atoms with van der Waals surface area (Å²) in [6.07, 6.45) is 0. The summed E-state index contributed by atoms with van der Waals surface area (Å²) in [4.78, 5) is 26.2. The quantitative estimate of drug-likeness (QED) is 0.190. The number of aromatic nitrogens is 2. The number of nitrogens with one attached hydrogen (secondary N) is 1. The first-order chi connectivity index (χ1) is 20.5. The number of benzene rings is 3. The molecule has 3 aromatic carbocycles. The molecule has 1 aliphatic rings. The zero-order chi connectivity index (χ0) is 30.8. The van der Waals surface area contributed by atoms with Crippen molar-refractivity contribution in [1.29, 1.82) is 0 Å². The standard InChI is InChI=1S/C32H33BClN3O6/c1-6-40-30(39)27-19-28(37(36-27)23-13-10-14-24(18-23)41-20-21-11-8-7-9-12-21)35-29(38)25-17-22(15-16-26(25)34)33-42-31(2,3)32(4,5)43-33/h7-19H,6,20H2,1-5H3,(H,35,38). The predicted molar refractivity (Wildman–Crippen MR) is 165 cm³/mol. The summed E-state index contributed by atoms with van der Waals surface area (Å²) in [6.45, 7) is 10.1. The van der Waals surface area contributed by atoms with Crippen LogP contribution in [0.2, 0.25) is 5.02 Å². The van der Waals surface area contributed by atoms with Crippen LogP contribution in [0.4, 0.5) is 5.82 Å². The molecular weight excluding hydrogens is 569 g/mol. The van der Waals surface area contributed by atoms with E-state index in [4.69, 9.17) is 30.4 Å². The SMILES string of the molecule is CCOC(=O)c1cc(NC(=O)c2cc(B3OC(C)(C)C(C)(C)O3)ccc2Cl)n(-c2cccc(OCc3ccccc3)c2)n1. The van der Waals surface area contributed by atoms with Gasteiger partial charge in [0.05, 0.1) is 34.1 Å². The molecule has 11 heteroatoms. The molecule has 1 aliphatic heterocycles. The molecule has 2 heterocycles. The summed E-state index contributed by atoms with van der Waals surface area (Å²) in [7, 11) is -0.673. The Labute approximate surface area is 256 Å². The lowest BCUT2D eigenvalue weighted by Gasteiger charge is -2.32. The smallest absolute Gasteiger partial charge is 0.489 e. The average Bonchev–Trinajstić information content (AvgIpc) is 3.49. The third-order valence-corrected chi connectivity index (χ3v) is 7.84. The van der Waals surface area contributed by atoms with Crippen LogP contribution in [-0.2, 0) is 20.7 Å². The van der Waals surface area contributed by atoms with Gasteiger partial charge in [0.15, 0.2) is 5.69 Å². The van der Waals surface area contributed by atoms with E-state index in [0.29, 0.717) is 23.5 Å². The highest BCUT2D eigenvalue weighted by atomic mass is 35.5. The minimum atomic E-state index is -0.673. The fraction of sp³-hybridized carbons (Fsp3) is 0.281. The highest BCUT2D eigenvalue weighted by Gasteiger charge is 2.51. The highest BCUT2D eigenvalue weighted by Crippen LogP contribution is 2.36. The Morgan fingerprint density at radius 2 is 1.67 bits per heavy atom. The molecule has 9 nitrogen and oxygen atoms in total. The summed E-state index contributed by atoms with van der Waals surface area (Å²) in [5.41, 5.74) is 1.38. The lowest BCUT2D eigenvalue weighted by molar-refractivity contribution is 0.00578. The third kappa shape index (κ3) is 6.61. The minimum Gasteiger partial charge on any atom is -0.489 e. The maximum atomic E-state index is 13.6. The Kier molecular flexibility index (Phi) is 8.64. The van der Waals surface area contributed by atoms with Gasteiger partial charge in [-0.1, -0.05) is 54.1 Å². The lowest BCUT2D eigenvalue weighted by atomic mass is 9.78. The van der Waals surface area contributed by atoms with Crippen molar-refractivity contribution in [1.82, 2.24) is 9.78 Å². The van der Waals surface area contributed by atoms with Crippen LogP contribution in [0, 0.1) is 0 Å². The number of nitrogens with zero attached hydrogens (tertiary/aromatic N) is 2. The van der Waals surface area contributed by atoms with Gasteiger partial charge in [-0.05, 0) is 69.9 Å². The van der Waals surface area contributed by atoms with Gasteiger partial charge in [-0.2, -0.15) is 5.10 Å². The first-order valence-corrected chi connectivity index (χ1v) is 14.4. The summed E-state index contributed by atoms with van der Waals surface area (Å²) in [5, 5.41) is 7.54. The van der Waals surface area contributed by atoms with Crippen molar-refractivity contribution in [3.8, 4) is 11.4 Å². The van der Waals surface area contributed by atoms with Gasteiger partial charge in [0, 0.05) is 12.1 Å². The molecule has 0 atom stereocenters. The zero-order valence-corrected chi connectivity index (χ0v) is 25.5. The van der Waals surface area contributed by atoms with E-state index in [0.717, 1.165) is 5.56 Å². The Balaban J connectivity index is 1.43. The van der Waals surface area contributed by atoms with Crippen molar-refractivity contribution in [2.75, 3.05) is 11.9 Å². The number of halogens is 1. The van der Waals surface area contributed by atoms with Crippen molar-refractivity contribution in [2.24, 2.45) is 0 Å². The number of anilines is 1. The van der Waals surface area contributed by atoms with Gasteiger partial charge >= 0.3 is 13.1 Å². The summed E-state index contributed by atoms with van der Waals surface area (Å²) in [5.74, 6) is -0.291. The van der Waals surface area contributed by atoms with E-state index in [-0.39, 0.29) is 28.7 Å². The molecule has 0 aliphatic carbocycles. The fourth-order valence-corrected chi connectivity index (χ4v) is 4.65. The second-order valence-electron chi connectivity index (χ2n) is 11.1. The van der Waals surface area contributed by atoms with Gasteiger partial charge in [-0.3, -0.25) is 4.79 Å². The number of hydrogen-bond donors (Lipinski definition) is 1. The monoisotopic (exact) mass is 601 g/mol. The summed E-state index contributed by atoms with van der Waals surface area (Å²) >= 11 is 6.48. The van der Waals surface area contributed by atoms with Crippen LogP contribution in [0.25, 0.3) is 5.69 Å². The van der Waals surface area contributed by atoms with Crippen LogP contribution in [0.3, 0.4) is 0 Å². The third-order valence-electron chi connectivity index (χ3n) is 7.51. The van der Waals surface area contributed by atoms with E-state index in [9.17, 15) is 9.59 Å². The van der Waals surface area contributed by atoms with Gasteiger partial charge in [0.1, 0.15) is 18.2 Å². The lowest BCUT2D eigenvalue weighted by Crippen LogP contribution is -2.41. The largest absolute Gasteiger partial charge is 0.494 e. The van der Waals surface area contributed by atoms with Crippen molar-refractivity contribution in [2.45, 2.75) is 52.4 Å². The molecule has 0 unspecified atom stereocenters. The van der Waals surface area contributed by atoms with E-state index in [1.807, 2.05) is 64.1 Å². The normalized spacial score (nSPS) is 15.3. The molecule has 0 saturated carbocycles. The Morgan fingerprint density at radius 1 is 0.953 bits per heavy atom. The van der Waals surface area contributed by atoms with Crippen LogP contribution in [-0.4, -0.2) is 46.6 Å². The number of rotatable bonds is 9. The predicted octanol–water partition coefficient (Wildman–Crippen LogP) is 5.83. The molecule has 5 rings (SSSR count). The molecule has 43 heavy (non-hydrogen) atoms. The van der Waals surface area contributed by atoms with Gasteiger partial charge in [-0.25, -0.2) is 9.48 Å². The summed E-state index contributed by atoms with van der Waals surface area (Å²) < 4.78 is 24.9. The number of esters is 1. The van der Waals surface area contributed by atoms with Crippen LogP contribution >= 0.6 is 11.6 Å². The molecule has 1 saturated heterocycles. The highest BCUT2D eigenvalue weighted by molar-refractivity contribution is 6.62. The maximum Gasteiger partial charge on any atom is 0.494 e. The molecule has 1 fully saturated rings. The fourth-order valence-electron chi connectivity index (χ4n) is 4.44. The van der Waals surface area contributed by atoms with Crippen LogP contribution in [0.15, 0.2) is 78.9 Å². The number of ether oxygens (including phenoxy) is 2. The van der Waals surface area contributed by atoms with Crippen LogP contribution < -0.4 is 15.5 Å². The Bertz CT molecular complexity index is 1620. The van der Waals surface area contributed by atoms with Crippen LogP contribution in [0.1, 0.15) is 61.0 Å². The molecule has 222 valence electrons. The Morgan fingerprint density at radius 3 is 2.37 bits per heavy atom. The molecular formula is C32H33BClN3O6. The van der Waals surface area contributed by atoms with Gasteiger partial charge in [0.2, 0.25) is 0 Å². The number of amides is 1. The molecule has 1 N–H and O–H groups in total.